The zero-order chi connectivity index (χ0) is 10.5. The molecular formula is C13H30MoO2. The Morgan fingerprint density at radius 1 is 0.625 bits per heavy atom. The number of unbranched alkanes of at least 4 members (excludes halogenated alkanes) is 10. The van der Waals surface area contributed by atoms with Crippen LogP contribution in [0.15, 0.2) is 0 Å². The molecular weight excluding hydrogens is 284 g/mol. The largest absolute Gasteiger partial charge is 0.412 e. The van der Waals surface area contributed by atoms with Crippen LogP contribution in [0.4, 0.5) is 0 Å². The van der Waals surface area contributed by atoms with Crippen LogP contribution in [-0.2, 0) is 21.1 Å². The van der Waals surface area contributed by atoms with E-state index in [0.29, 0.717) is 6.61 Å². The Labute approximate surface area is 116 Å². The van der Waals surface area contributed by atoms with Gasteiger partial charge in [-0.25, -0.2) is 0 Å². The molecule has 0 aromatic rings. The van der Waals surface area contributed by atoms with E-state index in [0.717, 1.165) is 6.42 Å². The number of rotatable bonds is 11. The van der Waals surface area contributed by atoms with Crippen LogP contribution in [0.2, 0.25) is 0 Å². The minimum absolute atomic E-state index is 0. The molecule has 2 nitrogen and oxygen atoms in total. The van der Waals surface area contributed by atoms with Crippen molar-refractivity contribution in [2.24, 2.45) is 0 Å². The smallest absolute Gasteiger partial charge is 0.0431 e. The maximum Gasteiger partial charge on any atom is 0.0431 e. The SMILES string of the molecule is CCCCCCCCCCCCCO.O.[Mo]. The summed E-state index contributed by atoms with van der Waals surface area (Å²) in [5.74, 6) is 0. The number of aliphatic hydroxyl groups excluding tert-OH is 1. The normalized spacial score (nSPS) is 9.38. The van der Waals surface area contributed by atoms with Crippen LogP contribution in [-0.4, -0.2) is 17.2 Å². The van der Waals surface area contributed by atoms with Crippen LogP contribution in [0.3, 0.4) is 0 Å². The molecule has 3 heteroatoms. The first kappa shape index (κ1) is 21.8. The van der Waals surface area contributed by atoms with E-state index in [4.69, 9.17) is 5.11 Å². The van der Waals surface area contributed by atoms with Gasteiger partial charge in [0, 0.05) is 27.7 Å². The molecule has 0 heterocycles. The second-order valence-corrected chi connectivity index (χ2v) is 4.26. The van der Waals surface area contributed by atoms with E-state index in [1.807, 2.05) is 0 Å². The van der Waals surface area contributed by atoms with Gasteiger partial charge in [0.05, 0.1) is 0 Å². The van der Waals surface area contributed by atoms with Crippen LogP contribution in [0.25, 0.3) is 0 Å². The summed E-state index contributed by atoms with van der Waals surface area (Å²) in [6, 6.07) is 0. The van der Waals surface area contributed by atoms with E-state index in [1.54, 1.807) is 0 Å². The first-order valence-corrected chi connectivity index (χ1v) is 6.52. The molecule has 0 rings (SSSR count). The van der Waals surface area contributed by atoms with Crippen molar-refractivity contribution < 1.29 is 31.6 Å². The van der Waals surface area contributed by atoms with Crippen molar-refractivity contribution in [3.8, 4) is 0 Å². The predicted octanol–water partition coefficient (Wildman–Crippen LogP) is 3.46. The summed E-state index contributed by atoms with van der Waals surface area (Å²) in [4.78, 5) is 0. The van der Waals surface area contributed by atoms with Crippen molar-refractivity contribution in [3.63, 3.8) is 0 Å². The zero-order valence-electron chi connectivity index (χ0n) is 10.8. The Morgan fingerprint density at radius 3 is 1.25 bits per heavy atom. The minimum Gasteiger partial charge on any atom is -0.412 e. The van der Waals surface area contributed by atoms with E-state index < -0.39 is 0 Å². The molecule has 0 aliphatic rings. The molecule has 0 atom stereocenters. The van der Waals surface area contributed by atoms with Gasteiger partial charge in [0.1, 0.15) is 0 Å². The summed E-state index contributed by atoms with van der Waals surface area (Å²) in [5.41, 5.74) is 0. The molecule has 16 heavy (non-hydrogen) atoms. The molecule has 0 spiro atoms. The quantitative estimate of drug-likeness (QED) is 0.461. The molecule has 100 valence electrons. The molecule has 0 amide bonds. The van der Waals surface area contributed by atoms with Gasteiger partial charge in [0.15, 0.2) is 0 Å². The van der Waals surface area contributed by atoms with Crippen molar-refractivity contribution in [2.75, 3.05) is 6.61 Å². The van der Waals surface area contributed by atoms with E-state index in [9.17, 15) is 0 Å². The van der Waals surface area contributed by atoms with Crippen LogP contribution in [0.5, 0.6) is 0 Å². The molecule has 0 aliphatic carbocycles. The molecule has 0 aromatic heterocycles. The first-order chi connectivity index (χ1) is 6.91. The second-order valence-electron chi connectivity index (χ2n) is 4.26. The van der Waals surface area contributed by atoms with Crippen LogP contribution in [0.1, 0.15) is 77.6 Å². The van der Waals surface area contributed by atoms with E-state index in [-0.39, 0.29) is 26.5 Å². The molecule has 0 bridgehead atoms. The Morgan fingerprint density at radius 2 is 0.938 bits per heavy atom. The van der Waals surface area contributed by atoms with Gasteiger partial charge in [-0.1, -0.05) is 71.1 Å². The number of aliphatic hydroxyl groups is 1. The second kappa shape index (κ2) is 21.0. The molecule has 0 aliphatic heterocycles. The number of hydrogen-bond donors (Lipinski definition) is 1. The Kier molecular flexibility index (Phi) is 28.6. The summed E-state index contributed by atoms with van der Waals surface area (Å²) >= 11 is 0. The zero-order valence-corrected chi connectivity index (χ0v) is 12.8. The first-order valence-electron chi connectivity index (χ1n) is 6.52. The van der Waals surface area contributed by atoms with Gasteiger partial charge in [0.25, 0.3) is 0 Å². The van der Waals surface area contributed by atoms with E-state index >= 15 is 0 Å². The molecule has 0 aromatic carbocycles. The van der Waals surface area contributed by atoms with Gasteiger partial charge in [-0.05, 0) is 6.42 Å². The van der Waals surface area contributed by atoms with Gasteiger partial charge in [-0.3, -0.25) is 0 Å². The Balaban J connectivity index is -0.000000845. The maximum atomic E-state index is 8.59. The fourth-order valence-electron chi connectivity index (χ4n) is 1.78. The summed E-state index contributed by atoms with van der Waals surface area (Å²) < 4.78 is 0. The van der Waals surface area contributed by atoms with E-state index in [1.165, 1.54) is 64.2 Å². The van der Waals surface area contributed by atoms with Crippen LogP contribution in [0, 0.1) is 0 Å². The third kappa shape index (κ3) is 20.1. The van der Waals surface area contributed by atoms with Crippen molar-refractivity contribution in [1.29, 1.82) is 0 Å². The summed E-state index contributed by atoms with van der Waals surface area (Å²) in [6.07, 6.45) is 14.8. The van der Waals surface area contributed by atoms with Gasteiger partial charge in [-0.15, -0.1) is 0 Å². The monoisotopic (exact) mass is 316 g/mol. The third-order valence-corrected chi connectivity index (χ3v) is 2.76. The van der Waals surface area contributed by atoms with Crippen molar-refractivity contribution >= 4 is 0 Å². The van der Waals surface area contributed by atoms with Crippen LogP contribution >= 0.6 is 0 Å². The van der Waals surface area contributed by atoms with Gasteiger partial charge >= 0.3 is 0 Å². The van der Waals surface area contributed by atoms with Crippen LogP contribution < -0.4 is 0 Å². The van der Waals surface area contributed by atoms with Gasteiger partial charge in [-0.2, -0.15) is 0 Å². The minimum atomic E-state index is 0. The van der Waals surface area contributed by atoms with Gasteiger partial charge < -0.3 is 10.6 Å². The Bertz CT molecular complexity index is 87.9. The molecule has 0 saturated heterocycles. The molecule has 0 unspecified atom stereocenters. The third-order valence-electron chi connectivity index (χ3n) is 2.76. The summed E-state index contributed by atoms with van der Waals surface area (Å²) in [6.45, 7) is 2.64. The van der Waals surface area contributed by atoms with Crippen molar-refractivity contribution in [1.82, 2.24) is 0 Å². The molecule has 0 radical (unpaired) electrons. The average molecular weight is 314 g/mol. The van der Waals surface area contributed by atoms with Gasteiger partial charge in [0.2, 0.25) is 0 Å². The van der Waals surface area contributed by atoms with E-state index in [2.05, 4.69) is 6.92 Å². The molecule has 0 saturated carbocycles. The summed E-state index contributed by atoms with van der Waals surface area (Å²) in [7, 11) is 0. The Hall–Kier alpha value is 0.608. The average Bonchev–Trinajstić information content (AvgIpc) is 2.21. The predicted molar refractivity (Wildman–Crippen MR) is 67.2 cm³/mol. The molecule has 0 fully saturated rings. The topological polar surface area (TPSA) is 51.7 Å². The standard InChI is InChI=1S/C13H28O.Mo.H2O/c1-2-3-4-5-6-7-8-9-10-11-12-13-14;;/h14H,2-13H2,1H3;;1H2. The summed E-state index contributed by atoms with van der Waals surface area (Å²) in [5, 5.41) is 8.59. The fraction of sp³-hybridized carbons (Fsp3) is 1.00. The maximum absolute atomic E-state index is 8.59. The van der Waals surface area contributed by atoms with Crippen molar-refractivity contribution in [3.05, 3.63) is 0 Å². The fourth-order valence-corrected chi connectivity index (χ4v) is 1.78. The van der Waals surface area contributed by atoms with Crippen molar-refractivity contribution in [2.45, 2.75) is 77.6 Å². The number of hydrogen-bond acceptors (Lipinski definition) is 1. The molecule has 3 N–H and O–H groups in total.